The summed E-state index contributed by atoms with van der Waals surface area (Å²) in [6.45, 7) is 0.282. The van der Waals surface area contributed by atoms with Crippen LogP contribution in [0, 0.1) is 0 Å². The number of nitrogens with zero attached hydrogens (tertiary/aromatic N) is 1. The van der Waals surface area contributed by atoms with E-state index in [-0.39, 0.29) is 18.4 Å². The zero-order valence-corrected chi connectivity index (χ0v) is 16.1. The number of benzene rings is 3. The van der Waals surface area contributed by atoms with Crippen molar-refractivity contribution < 1.29 is 9.59 Å². The molecule has 2 amide bonds. The topological polar surface area (TPSA) is 37.4 Å². The van der Waals surface area contributed by atoms with Crippen LogP contribution in [0.1, 0.15) is 16.7 Å². The molecule has 0 spiro atoms. The predicted octanol–water partition coefficient (Wildman–Crippen LogP) is 4.90. The van der Waals surface area contributed by atoms with Gasteiger partial charge in [0.2, 0.25) is 0 Å². The third-order valence-corrected chi connectivity index (χ3v) is 5.74. The Morgan fingerprint density at radius 3 is 1.79 bits per heavy atom. The molecule has 1 aliphatic heterocycles. The van der Waals surface area contributed by atoms with Crippen molar-refractivity contribution in [3.63, 3.8) is 0 Å². The summed E-state index contributed by atoms with van der Waals surface area (Å²) >= 11 is 1.43. The van der Waals surface area contributed by atoms with Crippen molar-refractivity contribution >= 4 is 29.1 Å². The normalized spacial score (nSPS) is 14.1. The summed E-state index contributed by atoms with van der Waals surface area (Å²) in [7, 11) is 0. The quantitative estimate of drug-likeness (QED) is 0.567. The minimum Gasteiger partial charge on any atom is -0.269 e. The number of imide groups is 1. The van der Waals surface area contributed by atoms with Crippen LogP contribution in [0.2, 0.25) is 0 Å². The fourth-order valence-electron chi connectivity index (χ4n) is 3.19. The maximum atomic E-state index is 13.2. The molecule has 0 saturated carbocycles. The Morgan fingerprint density at radius 1 is 0.643 bits per heavy atom. The molecular formula is C24H19NO2S. The van der Waals surface area contributed by atoms with Crippen molar-refractivity contribution in [2.75, 3.05) is 0 Å². The molecule has 4 rings (SSSR count). The highest BCUT2D eigenvalue weighted by atomic mass is 32.2. The van der Waals surface area contributed by atoms with Gasteiger partial charge < -0.3 is 0 Å². The van der Waals surface area contributed by atoms with Gasteiger partial charge in [0.15, 0.2) is 0 Å². The van der Waals surface area contributed by atoms with Gasteiger partial charge in [-0.25, -0.2) is 0 Å². The second-order valence-corrected chi connectivity index (χ2v) is 7.51. The van der Waals surface area contributed by atoms with Gasteiger partial charge in [-0.2, -0.15) is 0 Å². The number of hydrogen-bond acceptors (Lipinski definition) is 3. The number of carbonyl (C=O) groups is 2. The number of carbonyl (C=O) groups excluding carboxylic acids is 2. The van der Waals surface area contributed by atoms with Crippen LogP contribution in [-0.4, -0.2) is 16.7 Å². The van der Waals surface area contributed by atoms with E-state index in [0.29, 0.717) is 16.2 Å². The van der Waals surface area contributed by atoms with Crippen LogP contribution in [0.5, 0.6) is 0 Å². The summed E-state index contributed by atoms with van der Waals surface area (Å²) in [6.07, 6.45) is 0. The van der Waals surface area contributed by atoms with Gasteiger partial charge in [0.05, 0.1) is 17.0 Å². The molecule has 0 aromatic heterocycles. The SMILES string of the molecule is O=C1C(SCc2ccccc2)=C(c2ccccc2)C(=O)N1Cc1ccccc1. The molecule has 1 heterocycles. The van der Waals surface area contributed by atoms with Gasteiger partial charge in [-0.3, -0.25) is 14.5 Å². The molecule has 0 bridgehead atoms. The molecule has 0 fully saturated rings. The Labute approximate surface area is 168 Å². The standard InChI is InChI=1S/C24H19NO2S/c26-23-21(20-14-8-3-9-15-20)22(28-17-19-12-6-2-7-13-19)24(27)25(23)16-18-10-4-1-5-11-18/h1-15H,16-17H2. The zero-order chi connectivity index (χ0) is 19.3. The van der Waals surface area contributed by atoms with E-state index in [1.165, 1.54) is 16.7 Å². The molecule has 138 valence electrons. The van der Waals surface area contributed by atoms with Crippen molar-refractivity contribution in [2.45, 2.75) is 12.3 Å². The fourth-order valence-corrected chi connectivity index (χ4v) is 4.27. The van der Waals surface area contributed by atoms with Crippen LogP contribution < -0.4 is 0 Å². The van der Waals surface area contributed by atoms with E-state index in [1.807, 2.05) is 91.0 Å². The highest BCUT2D eigenvalue weighted by Crippen LogP contribution is 2.38. The molecule has 0 saturated heterocycles. The molecule has 3 aromatic carbocycles. The van der Waals surface area contributed by atoms with Crippen molar-refractivity contribution in [3.8, 4) is 0 Å². The lowest BCUT2D eigenvalue weighted by Crippen LogP contribution is -2.30. The first-order valence-electron chi connectivity index (χ1n) is 9.10. The lowest BCUT2D eigenvalue weighted by Gasteiger charge is -2.15. The van der Waals surface area contributed by atoms with Gasteiger partial charge in [0.1, 0.15) is 0 Å². The Morgan fingerprint density at radius 2 is 1.18 bits per heavy atom. The third kappa shape index (κ3) is 3.78. The third-order valence-electron chi connectivity index (χ3n) is 4.60. The lowest BCUT2D eigenvalue weighted by molar-refractivity contribution is -0.137. The molecule has 4 heteroatoms. The fraction of sp³-hybridized carbons (Fsp3) is 0.0833. The van der Waals surface area contributed by atoms with Crippen LogP contribution in [0.3, 0.4) is 0 Å². The van der Waals surface area contributed by atoms with Crippen molar-refractivity contribution in [1.29, 1.82) is 0 Å². The first-order chi connectivity index (χ1) is 13.7. The summed E-state index contributed by atoms with van der Waals surface area (Å²) < 4.78 is 0. The Bertz CT molecular complexity index is 1010. The number of amides is 2. The average molecular weight is 385 g/mol. The molecule has 0 atom stereocenters. The smallest absolute Gasteiger partial charge is 0.268 e. The monoisotopic (exact) mass is 385 g/mol. The van der Waals surface area contributed by atoms with E-state index in [2.05, 4.69) is 0 Å². The highest BCUT2D eigenvalue weighted by molar-refractivity contribution is 8.03. The lowest BCUT2D eigenvalue weighted by atomic mass is 10.1. The van der Waals surface area contributed by atoms with E-state index in [1.54, 1.807) is 0 Å². The van der Waals surface area contributed by atoms with E-state index >= 15 is 0 Å². The summed E-state index contributed by atoms with van der Waals surface area (Å²) in [5.74, 6) is 0.203. The van der Waals surface area contributed by atoms with Crippen LogP contribution in [0.25, 0.3) is 5.57 Å². The number of thioether (sulfide) groups is 1. The summed E-state index contributed by atoms with van der Waals surface area (Å²) in [5, 5.41) is 0. The van der Waals surface area contributed by atoms with Crippen LogP contribution >= 0.6 is 11.8 Å². The molecule has 28 heavy (non-hydrogen) atoms. The van der Waals surface area contributed by atoms with Gasteiger partial charge >= 0.3 is 0 Å². The second-order valence-electron chi connectivity index (χ2n) is 6.53. The Balaban J connectivity index is 1.66. The number of hydrogen-bond donors (Lipinski definition) is 0. The molecule has 0 N–H and O–H groups in total. The Kier molecular flexibility index (Phi) is 5.40. The zero-order valence-electron chi connectivity index (χ0n) is 15.2. The highest BCUT2D eigenvalue weighted by Gasteiger charge is 2.39. The maximum Gasteiger partial charge on any atom is 0.268 e. The number of rotatable bonds is 6. The van der Waals surface area contributed by atoms with Gasteiger partial charge in [-0.05, 0) is 16.7 Å². The van der Waals surface area contributed by atoms with E-state index < -0.39 is 0 Å². The summed E-state index contributed by atoms with van der Waals surface area (Å²) in [4.78, 5) is 28.2. The van der Waals surface area contributed by atoms with Crippen molar-refractivity contribution in [1.82, 2.24) is 4.90 Å². The minimum atomic E-state index is -0.226. The van der Waals surface area contributed by atoms with Crippen LogP contribution in [0.4, 0.5) is 0 Å². The second kappa shape index (κ2) is 8.28. The van der Waals surface area contributed by atoms with E-state index in [9.17, 15) is 9.59 Å². The minimum absolute atomic E-state index is 0.214. The maximum absolute atomic E-state index is 13.2. The van der Waals surface area contributed by atoms with Gasteiger partial charge in [0, 0.05) is 5.75 Å². The van der Waals surface area contributed by atoms with Crippen molar-refractivity contribution in [3.05, 3.63) is 113 Å². The van der Waals surface area contributed by atoms with Crippen LogP contribution in [0.15, 0.2) is 95.9 Å². The molecule has 1 aliphatic rings. The van der Waals surface area contributed by atoms with Gasteiger partial charge in [0.25, 0.3) is 11.8 Å². The molecule has 0 aliphatic carbocycles. The first-order valence-corrected chi connectivity index (χ1v) is 10.1. The summed E-state index contributed by atoms with van der Waals surface area (Å²) in [6, 6.07) is 29.0. The van der Waals surface area contributed by atoms with Crippen molar-refractivity contribution in [2.24, 2.45) is 0 Å². The van der Waals surface area contributed by atoms with Gasteiger partial charge in [-0.1, -0.05) is 91.0 Å². The molecule has 0 radical (unpaired) electrons. The van der Waals surface area contributed by atoms with E-state index in [4.69, 9.17) is 0 Å². The molecular weight excluding hydrogens is 366 g/mol. The van der Waals surface area contributed by atoms with Crippen LogP contribution in [-0.2, 0) is 21.9 Å². The first kappa shape index (κ1) is 18.3. The predicted molar refractivity (Wildman–Crippen MR) is 113 cm³/mol. The molecule has 0 unspecified atom stereocenters. The van der Waals surface area contributed by atoms with E-state index in [0.717, 1.165) is 16.7 Å². The summed E-state index contributed by atoms with van der Waals surface area (Å²) in [5.41, 5.74) is 3.34. The Hall–Kier alpha value is -3.11. The average Bonchev–Trinajstić information content (AvgIpc) is 2.98. The van der Waals surface area contributed by atoms with Gasteiger partial charge in [-0.15, -0.1) is 11.8 Å². The largest absolute Gasteiger partial charge is 0.269 e. The molecule has 3 aromatic rings. The molecule has 3 nitrogen and oxygen atoms in total.